The molecule has 1 N–H and O–H groups in total. The molecule has 9 heteroatoms. The third-order valence-corrected chi connectivity index (χ3v) is 6.28. The number of carbonyl (C=O) groups is 1. The molecular formula is C27H32N4O5. The van der Waals surface area contributed by atoms with Gasteiger partial charge >= 0.3 is 0 Å². The SMILES string of the molecule is COc1ccc(NC(=O)Cn2cc(OC)c(=O)cc2CN2CCN(c3ccccc3)CC2)c(OC)c1. The molecule has 0 bridgehead atoms. The molecule has 1 aliphatic rings. The molecule has 0 radical (unpaired) electrons. The number of carbonyl (C=O) groups excluding carboxylic acids is 1. The van der Waals surface area contributed by atoms with Gasteiger partial charge in [0.2, 0.25) is 11.3 Å². The Morgan fingerprint density at radius 1 is 0.889 bits per heavy atom. The number of hydrogen-bond acceptors (Lipinski definition) is 7. The number of anilines is 2. The van der Waals surface area contributed by atoms with E-state index in [-0.39, 0.29) is 23.6 Å². The molecule has 1 fully saturated rings. The summed E-state index contributed by atoms with van der Waals surface area (Å²) in [5.41, 5.74) is 2.30. The summed E-state index contributed by atoms with van der Waals surface area (Å²) in [5.74, 6) is 1.07. The fourth-order valence-corrected chi connectivity index (χ4v) is 4.31. The number of aromatic nitrogens is 1. The monoisotopic (exact) mass is 492 g/mol. The summed E-state index contributed by atoms with van der Waals surface area (Å²) in [6, 6.07) is 17.1. The van der Waals surface area contributed by atoms with Crippen molar-refractivity contribution in [1.82, 2.24) is 9.47 Å². The second-order valence-electron chi connectivity index (χ2n) is 8.54. The number of nitrogens with zero attached hydrogens (tertiary/aromatic N) is 3. The van der Waals surface area contributed by atoms with Gasteiger partial charge in [-0.1, -0.05) is 18.2 Å². The molecule has 1 amide bonds. The molecule has 9 nitrogen and oxygen atoms in total. The number of pyridine rings is 1. The third-order valence-electron chi connectivity index (χ3n) is 6.28. The molecule has 1 saturated heterocycles. The minimum Gasteiger partial charge on any atom is -0.497 e. The molecule has 1 aliphatic heterocycles. The van der Waals surface area contributed by atoms with Crippen LogP contribution < -0.4 is 29.9 Å². The first-order chi connectivity index (χ1) is 17.5. The largest absolute Gasteiger partial charge is 0.497 e. The van der Waals surface area contributed by atoms with Gasteiger partial charge in [-0.3, -0.25) is 14.5 Å². The van der Waals surface area contributed by atoms with E-state index < -0.39 is 0 Å². The highest BCUT2D eigenvalue weighted by Gasteiger charge is 2.20. The van der Waals surface area contributed by atoms with E-state index in [1.165, 1.54) is 19.9 Å². The highest BCUT2D eigenvalue weighted by Crippen LogP contribution is 2.29. The van der Waals surface area contributed by atoms with Gasteiger partial charge in [-0.15, -0.1) is 0 Å². The number of hydrogen-bond donors (Lipinski definition) is 1. The maximum atomic E-state index is 13.0. The molecule has 0 saturated carbocycles. The molecule has 1 aromatic heterocycles. The fourth-order valence-electron chi connectivity index (χ4n) is 4.31. The van der Waals surface area contributed by atoms with Crippen LogP contribution in [0.25, 0.3) is 0 Å². The second-order valence-corrected chi connectivity index (χ2v) is 8.54. The van der Waals surface area contributed by atoms with E-state index in [1.54, 1.807) is 42.1 Å². The van der Waals surface area contributed by atoms with E-state index in [0.717, 1.165) is 31.9 Å². The van der Waals surface area contributed by atoms with Gasteiger partial charge in [0, 0.05) is 56.2 Å². The summed E-state index contributed by atoms with van der Waals surface area (Å²) >= 11 is 0. The van der Waals surface area contributed by atoms with Crippen LogP contribution in [0.5, 0.6) is 17.2 Å². The number of benzene rings is 2. The summed E-state index contributed by atoms with van der Waals surface area (Å²) in [6.45, 7) is 4.06. The van der Waals surface area contributed by atoms with Gasteiger partial charge in [0.1, 0.15) is 18.0 Å². The van der Waals surface area contributed by atoms with Crippen molar-refractivity contribution in [3.63, 3.8) is 0 Å². The normalized spacial score (nSPS) is 13.8. The zero-order valence-corrected chi connectivity index (χ0v) is 20.9. The summed E-state index contributed by atoms with van der Waals surface area (Å²) in [7, 11) is 4.55. The number of rotatable bonds is 9. The second kappa shape index (κ2) is 11.6. The van der Waals surface area contributed by atoms with E-state index in [1.807, 2.05) is 18.2 Å². The van der Waals surface area contributed by atoms with Crippen LogP contribution >= 0.6 is 0 Å². The van der Waals surface area contributed by atoms with Gasteiger partial charge in [0.25, 0.3) is 0 Å². The van der Waals surface area contributed by atoms with Crippen molar-refractivity contribution < 1.29 is 19.0 Å². The molecule has 0 spiro atoms. The summed E-state index contributed by atoms with van der Waals surface area (Å²) < 4.78 is 17.6. The van der Waals surface area contributed by atoms with E-state index in [9.17, 15) is 9.59 Å². The van der Waals surface area contributed by atoms with Crippen molar-refractivity contribution in [2.24, 2.45) is 0 Å². The number of ether oxygens (including phenoxy) is 3. The maximum absolute atomic E-state index is 13.0. The Labute approximate surface area is 210 Å². The molecule has 0 unspecified atom stereocenters. The van der Waals surface area contributed by atoms with Crippen LogP contribution in [0.4, 0.5) is 11.4 Å². The minimum absolute atomic E-state index is 0.0190. The molecule has 0 aliphatic carbocycles. The Hall–Kier alpha value is -3.98. The maximum Gasteiger partial charge on any atom is 0.244 e. The Bertz CT molecular complexity index is 1240. The zero-order valence-electron chi connectivity index (χ0n) is 20.9. The highest BCUT2D eigenvalue weighted by atomic mass is 16.5. The molecule has 190 valence electrons. The van der Waals surface area contributed by atoms with Gasteiger partial charge in [0.05, 0.1) is 33.2 Å². The van der Waals surface area contributed by atoms with Crippen LogP contribution in [0.3, 0.4) is 0 Å². The predicted octanol–water partition coefficient (Wildman–Crippen LogP) is 2.84. The Kier molecular flexibility index (Phi) is 8.12. The number of amides is 1. The van der Waals surface area contributed by atoms with Gasteiger partial charge in [0.15, 0.2) is 5.75 Å². The average molecular weight is 493 g/mol. The fraction of sp³-hybridized carbons (Fsp3) is 0.333. The van der Waals surface area contributed by atoms with E-state index in [0.29, 0.717) is 23.7 Å². The van der Waals surface area contributed by atoms with Crippen molar-refractivity contribution >= 4 is 17.3 Å². The number of para-hydroxylation sites is 1. The Balaban J connectivity index is 1.47. The van der Waals surface area contributed by atoms with Crippen LogP contribution in [-0.2, 0) is 17.9 Å². The first-order valence-electron chi connectivity index (χ1n) is 11.8. The Morgan fingerprint density at radius 3 is 2.28 bits per heavy atom. The standard InChI is InChI=1S/C27H32N4O5/c1-34-22-9-10-23(25(16-22)35-2)28-27(33)19-31-18-26(36-3)24(32)15-21(31)17-29-11-13-30(14-12-29)20-7-5-4-6-8-20/h4-10,15-16,18H,11-14,17,19H2,1-3H3,(H,28,33). The van der Waals surface area contributed by atoms with Crippen molar-refractivity contribution in [3.05, 3.63) is 76.7 Å². The number of methoxy groups -OCH3 is 3. The van der Waals surface area contributed by atoms with E-state index in [2.05, 4.69) is 27.2 Å². The van der Waals surface area contributed by atoms with Crippen LogP contribution in [0.15, 0.2) is 65.6 Å². The molecular weight excluding hydrogens is 460 g/mol. The summed E-state index contributed by atoms with van der Waals surface area (Å²) in [4.78, 5) is 30.2. The molecule has 3 aromatic rings. The lowest BCUT2D eigenvalue weighted by molar-refractivity contribution is -0.116. The third kappa shape index (κ3) is 5.98. The Morgan fingerprint density at radius 2 is 1.61 bits per heavy atom. The smallest absolute Gasteiger partial charge is 0.244 e. The lowest BCUT2D eigenvalue weighted by Gasteiger charge is -2.36. The van der Waals surface area contributed by atoms with Gasteiger partial charge in [-0.05, 0) is 24.3 Å². The van der Waals surface area contributed by atoms with Crippen LogP contribution in [-0.4, -0.2) is 62.9 Å². The lowest BCUT2D eigenvalue weighted by atomic mass is 10.2. The first kappa shape index (κ1) is 25.1. The quantitative estimate of drug-likeness (QED) is 0.492. The zero-order chi connectivity index (χ0) is 25.5. The van der Waals surface area contributed by atoms with E-state index >= 15 is 0 Å². The van der Waals surface area contributed by atoms with Crippen molar-refractivity contribution in [2.45, 2.75) is 13.1 Å². The van der Waals surface area contributed by atoms with Gasteiger partial charge < -0.3 is 29.0 Å². The molecule has 4 rings (SSSR count). The molecule has 0 atom stereocenters. The van der Waals surface area contributed by atoms with Crippen molar-refractivity contribution in [3.8, 4) is 17.2 Å². The number of piperazine rings is 1. The summed E-state index contributed by atoms with van der Waals surface area (Å²) in [5, 5.41) is 2.89. The van der Waals surface area contributed by atoms with Gasteiger partial charge in [-0.2, -0.15) is 0 Å². The van der Waals surface area contributed by atoms with E-state index in [4.69, 9.17) is 14.2 Å². The molecule has 2 heterocycles. The van der Waals surface area contributed by atoms with Crippen molar-refractivity contribution in [1.29, 1.82) is 0 Å². The predicted molar refractivity (Wildman–Crippen MR) is 139 cm³/mol. The first-order valence-corrected chi connectivity index (χ1v) is 11.8. The van der Waals surface area contributed by atoms with Crippen LogP contribution in [0, 0.1) is 0 Å². The van der Waals surface area contributed by atoms with Crippen LogP contribution in [0.1, 0.15) is 5.69 Å². The topological polar surface area (TPSA) is 85.3 Å². The average Bonchev–Trinajstić information content (AvgIpc) is 2.91. The van der Waals surface area contributed by atoms with Gasteiger partial charge in [-0.25, -0.2) is 0 Å². The minimum atomic E-state index is -0.251. The van der Waals surface area contributed by atoms with Crippen molar-refractivity contribution in [2.75, 3.05) is 57.7 Å². The molecule has 36 heavy (non-hydrogen) atoms. The lowest BCUT2D eigenvalue weighted by Crippen LogP contribution is -2.46. The summed E-state index contributed by atoms with van der Waals surface area (Å²) in [6.07, 6.45) is 1.60. The number of nitrogens with one attached hydrogen (secondary N) is 1. The van der Waals surface area contributed by atoms with Crippen LogP contribution in [0.2, 0.25) is 0 Å². The molecule has 2 aromatic carbocycles. The highest BCUT2D eigenvalue weighted by molar-refractivity contribution is 5.92.